The minimum Gasteiger partial charge on any atom is -0.332 e. The van der Waals surface area contributed by atoms with Gasteiger partial charge in [0.05, 0.1) is 5.69 Å². The molecule has 0 heterocycles. The number of carbonyl (C=O) groups excluding carboxylic acids is 1. The maximum atomic E-state index is 12.8. The summed E-state index contributed by atoms with van der Waals surface area (Å²) in [4.78, 5) is 12.8. The zero-order valence-corrected chi connectivity index (χ0v) is 15.6. The summed E-state index contributed by atoms with van der Waals surface area (Å²) in [7, 11) is 0. The largest absolute Gasteiger partial charge is 0.332 e. The van der Waals surface area contributed by atoms with E-state index in [4.69, 9.17) is 12.2 Å². The number of hydrogen-bond donors (Lipinski definition) is 2. The number of aryl methyl sites for hydroxylation is 2. The molecule has 0 saturated heterocycles. The Bertz CT molecular complexity index is 951. The van der Waals surface area contributed by atoms with Crippen LogP contribution in [0.25, 0.3) is 0 Å². The number of para-hydroxylation sites is 1. The molecule has 0 radical (unpaired) electrons. The Morgan fingerprint density at radius 1 is 0.808 bits per heavy atom. The molecule has 3 nitrogen and oxygen atoms in total. The number of anilines is 2. The fourth-order valence-corrected chi connectivity index (χ4v) is 2.98. The number of rotatable bonds is 4. The van der Waals surface area contributed by atoms with E-state index in [0.29, 0.717) is 21.9 Å². The molecule has 130 valence electrons. The van der Waals surface area contributed by atoms with Gasteiger partial charge in [-0.05, 0) is 49.8 Å². The van der Waals surface area contributed by atoms with Gasteiger partial charge in [0.15, 0.2) is 10.9 Å². The van der Waals surface area contributed by atoms with Crippen LogP contribution in [0.15, 0.2) is 72.8 Å². The van der Waals surface area contributed by atoms with Crippen molar-refractivity contribution >= 4 is 34.5 Å². The first-order valence-corrected chi connectivity index (χ1v) is 8.79. The van der Waals surface area contributed by atoms with E-state index < -0.39 is 0 Å². The monoisotopic (exact) mass is 360 g/mol. The van der Waals surface area contributed by atoms with Gasteiger partial charge in [0, 0.05) is 16.8 Å². The quantitative estimate of drug-likeness (QED) is 0.486. The molecule has 2 N–H and O–H groups in total. The van der Waals surface area contributed by atoms with Crippen molar-refractivity contribution in [1.29, 1.82) is 0 Å². The molecule has 0 aliphatic carbocycles. The van der Waals surface area contributed by atoms with E-state index in [2.05, 4.69) is 23.6 Å². The first-order valence-electron chi connectivity index (χ1n) is 8.38. The van der Waals surface area contributed by atoms with Crippen molar-refractivity contribution in [2.75, 3.05) is 10.6 Å². The van der Waals surface area contributed by atoms with Gasteiger partial charge in [-0.15, -0.1) is 0 Å². The molecule has 0 saturated carbocycles. The predicted octanol–water partition coefficient (Wildman–Crippen LogP) is 5.34. The van der Waals surface area contributed by atoms with Crippen LogP contribution >= 0.6 is 12.2 Å². The zero-order chi connectivity index (χ0) is 18.5. The van der Waals surface area contributed by atoms with E-state index in [0.717, 1.165) is 11.3 Å². The van der Waals surface area contributed by atoms with E-state index in [-0.39, 0.29) is 5.78 Å². The summed E-state index contributed by atoms with van der Waals surface area (Å²) >= 11 is 5.44. The van der Waals surface area contributed by atoms with Crippen molar-refractivity contribution in [3.8, 4) is 0 Å². The maximum absolute atomic E-state index is 12.8. The molecule has 0 spiro atoms. The second-order valence-electron chi connectivity index (χ2n) is 6.14. The second kappa shape index (κ2) is 7.93. The summed E-state index contributed by atoms with van der Waals surface area (Å²) < 4.78 is 0. The van der Waals surface area contributed by atoms with Crippen molar-refractivity contribution in [1.82, 2.24) is 0 Å². The van der Waals surface area contributed by atoms with Gasteiger partial charge in [0.1, 0.15) is 0 Å². The van der Waals surface area contributed by atoms with Gasteiger partial charge in [-0.25, -0.2) is 0 Å². The van der Waals surface area contributed by atoms with Crippen molar-refractivity contribution in [3.05, 3.63) is 95.1 Å². The van der Waals surface area contributed by atoms with Gasteiger partial charge in [-0.1, -0.05) is 60.2 Å². The molecule has 0 fully saturated rings. The van der Waals surface area contributed by atoms with Crippen LogP contribution in [0.3, 0.4) is 0 Å². The molecule has 26 heavy (non-hydrogen) atoms. The van der Waals surface area contributed by atoms with Gasteiger partial charge < -0.3 is 10.6 Å². The Kier molecular flexibility index (Phi) is 5.44. The number of carbonyl (C=O) groups is 1. The Balaban J connectivity index is 1.80. The van der Waals surface area contributed by atoms with Crippen LogP contribution < -0.4 is 10.6 Å². The van der Waals surface area contributed by atoms with E-state index in [1.807, 2.05) is 67.6 Å². The summed E-state index contributed by atoms with van der Waals surface area (Å²) in [5.41, 5.74) is 5.18. The maximum Gasteiger partial charge on any atom is 0.195 e. The van der Waals surface area contributed by atoms with Crippen LogP contribution in [0.4, 0.5) is 11.4 Å². The zero-order valence-electron chi connectivity index (χ0n) is 14.7. The van der Waals surface area contributed by atoms with Crippen LogP contribution in [0.1, 0.15) is 27.0 Å². The third-order valence-corrected chi connectivity index (χ3v) is 4.29. The topological polar surface area (TPSA) is 41.1 Å². The van der Waals surface area contributed by atoms with Gasteiger partial charge >= 0.3 is 0 Å². The molecule has 0 aliphatic rings. The molecule has 0 bridgehead atoms. The van der Waals surface area contributed by atoms with Crippen LogP contribution in [0.5, 0.6) is 0 Å². The number of nitrogens with one attached hydrogen (secondary N) is 2. The number of hydrogen-bond acceptors (Lipinski definition) is 2. The summed E-state index contributed by atoms with van der Waals surface area (Å²) in [5.74, 6) is -0.0389. The van der Waals surface area contributed by atoms with Gasteiger partial charge in [-0.2, -0.15) is 0 Å². The number of benzene rings is 3. The van der Waals surface area contributed by atoms with Crippen molar-refractivity contribution in [3.63, 3.8) is 0 Å². The van der Waals surface area contributed by atoms with Crippen LogP contribution in [0.2, 0.25) is 0 Å². The summed E-state index contributed by atoms with van der Waals surface area (Å²) in [6, 6.07) is 22.7. The first-order chi connectivity index (χ1) is 12.5. The molecular weight excluding hydrogens is 340 g/mol. The highest BCUT2D eigenvalue weighted by Crippen LogP contribution is 2.21. The molecule has 3 aromatic rings. The Morgan fingerprint density at radius 3 is 2.19 bits per heavy atom. The van der Waals surface area contributed by atoms with E-state index >= 15 is 0 Å². The third-order valence-electron chi connectivity index (χ3n) is 4.09. The highest BCUT2D eigenvalue weighted by atomic mass is 32.1. The minimum absolute atomic E-state index is 0.0389. The van der Waals surface area contributed by atoms with E-state index in [1.165, 1.54) is 5.56 Å². The summed E-state index contributed by atoms with van der Waals surface area (Å²) in [6.45, 7) is 4.09. The van der Waals surface area contributed by atoms with Crippen molar-refractivity contribution in [2.45, 2.75) is 13.8 Å². The third kappa shape index (κ3) is 4.16. The van der Waals surface area contributed by atoms with Crippen molar-refractivity contribution in [2.24, 2.45) is 0 Å². The van der Waals surface area contributed by atoms with Gasteiger partial charge in [-0.3, -0.25) is 4.79 Å². The van der Waals surface area contributed by atoms with Crippen LogP contribution in [-0.2, 0) is 0 Å². The van der Waals surface area contributed by atoms with Crippen molar-refractivity contribution < 1.29 is 4.79 Å². The first kappa shape index (κ1) is 17.8. The van der Waals surface area contributed by atoms with Crippen LogP contribution in [-0.4, -0.2) is 10.9 Å². The fraction of sp³-hybridized carbons (Fsp3) is 0.0909. The molecule has 4 heteroatoms. The normalized spacial score (nSPS) is 10.2. The molecule has 0 amide bonds. The lowest BCUT2D eigenvalue weighted by molar-refractivity contribution is 0.103. The number of thiocarbonyl (C=S) groups is 1. The lowest BCUT2D eigenvalue weighted by Gasteiger charge is -2.15. The summed E-state index contributed by atoms with van der Waals surface area (Å²) in [6.07, 6.45) is 0. The SMILES string of the molecule is Cc1ccc(NC(=S)Nc2ccccc2C(=O)c2ccccc2)c(C)c1. The summed E-state index contributed by atoms with van der Waals surface area (Å²) in [5, 5.41) is 6.80. The predicted molar refractivity (Wildman–Crippen MR) is 112 cm³/mol. The smallest absolute Gasteiger partial charge is 0.195 e. The highest BCUT2D eigenvalue weighted by molar-refractivity contribution is 7.80. The lowest BCUT2D eigenvalue weighted by Crippen LogP contribution is -2.21. The molecule has 0 aromatic heterocycles. The average Bonchev–Trinajstić information content (AvgIpc) is 2.65. The lowest BCUT2D eigenvalue weighted by atomic mass is 10.0. The molecule has 3 rings (SSSR count). The molecule has 0 aliphatic heterocycles. The minimum atomic E-state index is -0.0389. The second-order valence-corrected chi connectivity index (χ2v) is 6.55. The molecule has 3 aromatic carbocycles. The Morgan fingerprint density at radius 2 is 1.46 bits per heavy atom. The number of ketones is 1. The van der Waals surface area contributed by atoms with E-state index in [1.54, 1.807) is 6.07 Å². The Hall–Kier alpha value is -2.98. The van der Waals surface area contributed by atoms with Gasteiger partial charge in [0.25, 0.3) is 0 Å². The fourth-order valence-electron chi connectivity index (χ4n) is 2.76. The molecular formula is C22H20N2OS. The molecule has 0 unspecified atom stereocenters. The van der Waals surface area contributed by atoms with Gasteiger partial charge in [0.2, 0.25) is 0 Å². The standard InChI is InChI=1S/C22H20N2OS/c1-15-12-13-19(16(2)14-15)23-22(26)24-20-11-7-6-10-18(20)21(25)17-8-4-3-5-9-17/h3-14H,1-2H3,(H2,23,24,26). The highest BCUT2D eigenvalue weighted by Gasteiger charge is 2.14. The van der Waals surface area contributed by atoms with Crippen LogP contribution in [0, 0.1) is 13.8 Å². The molecule has 0 atom stereocenters. The average molecular weight is 360 g/mol. The Labute approximate surface area is 159 Å². The van der Waals surface area contributed by atoms with E-state index in [9.17, 15) is 4.79 Å².